The van der Waals surface area contributed by atoms with Crippen LogP contribution < -0.4 is 25.4 Å². The van der Waals surface area contributed by atoms with Crippen LogP contribution in [0.25, 0.3) is 0 Å². The van der Waals surface area contributed by atoms with Gasteiger partial charge in [-0.25, -0.2) is 4.99 Å². The van der Waals surface area contributed by atoms with Crippen molar-refractivity contribution in [1.29, 1.82) is 0 Å². The second-order valence-electron chi connectivity index (χ2n) is 7.43. The zero-order valence-corrected chi connectivity index (χ0v) is 21.9. The number of benzene rings is 2. The summed E-state index contributed by atoms with van der Waals surface area (Å²) < 4.78 is 11.1. The lowest BCUT2D eigenvalue weighted by Crippen LogP contribution is -2.34. The molecule has 8 heteroatoms. The van der Waals surface area contributed by atoms with Crippen LogP contribution in [0.1, 0.15) is 31.9 Å². The molecule has 32 heavy (non-hydrogen) atoms. The number of ether oxygens (including phenoxy) is 2. The average molecular weight is 554 g/mol. The number of hydrogen-bond acceptors (Lipinski definition) is 4. The van der Waals surface area contributed by atoms with E-state index in [1.54, 1.807) is 7.11 Å². The molecule has 0 atom stereocenters. The first-order chi connectivity index (χ1) is 14.9. The second-order valence-corrected chi connectivity index (χ2v) is 7.43. The van der Waals surface area contributed by atoms with Crippen LogP contribution in [0, 0.1) is 6.92 Å². The maximum Gasteiger partial charge on any atom is 0.241 e. The van der Waals surface area contributed by atoms with Crippen LogP contribution in [0.3, 0.4) is 0 Å². The third-order valence-electron chi connectivity index (χ3n) is 4.37. The molecule has 0 fully saturated rings. The number of rotatable bonds is 10. The first-order valence-electron chi connectivity index (χ1n) is 10.6. The molecule has 7 nitrogen and oxygen atoms in total. The largest absolute Gasteiger partial charge is 0.496 e. The first-order valence-corrected chi connectivity index (χ1v) is 10.6. The molecule has 2 rings (SSSR count). The molecule has 0 spiro atoms. The molecule has 0 heterocycles. The number of anilines is 1. The van der Waals surface area contributed by atoms with Gasteiger partial charge in [-0.1, -0.05) is 17.7 Å². The van der Waals surface area contributed by atoms with Crippen molar-refractivity contribution in [3.63, 3.8) is 0 Å². The van der Waals surface area contributed by atoms with Crippen molar-refractivity contribution in [2.24, 2.45) is 4.99 Å². The monoisotopic (exact) mass is 554 g/mol. The first kappa shape index (κ1) is 27.5. The lowest BCUT2D eigenvalue weighted by molar-refractivity contribution is -0.119. The van der Waals surface area contributed by atoms with Gasteiger partial charge >= 0.3 is 0 Å². The summed E-state index contributed by atoms with van der Waals surface area (Å²) in [5.41, 5.74) is 3.16. The normalized spacial score (nSPS) is 10.9. The van der Waals surface area contributed by atoms with E-state index < -0.39 is 0 Å². The van der Waals surface area contributed by atoms with E-state index in [2.05, 4.69) is 33.9 Å². The van der Waals surface area contributed by atoms with E-state index in [1.807, 2.05) is 57.2 Å². The zero-order valence-electron chi connectivity index (χ0n) is 19.5. The third-order valence-corrected chi connectivity index (χ3v) is 4.37. The highest BCUT2D eigenvalue weighted by atomic mass is 127. The number of methoxy groups -OCH3 is 1. The molecule has 0 aromatic heterocycles. The summed E-state index contributed by atoms with van der Waals surface area (Å²) in [5, 5.41) is 9.32. The van der Waals surface area contributed by atoms with Crippen LogP contribution in [-0.2, 0) is 11.2 Å². The van der Waals surface area contributed by atoms with Gasteiger partial charge in [-0.15, -0.1) is 24.0 Å². The topological polar surface area (TPSA) is 84.0 Å². The van der Waals surface area contributed by atoms with Gasteiger partial charge in [0.25, 0.3) is 0 Å². The lowest BCUT2D eigenvalue weighted by atomic mass is 10.1. The number of nitrogens with zero attached hydrogens (tertiary/aromatic N) is 1. The molecule has 0 radical (unpaired) electrons. The van der Waals surface area contributed by atoms with Crippen molar-refractivity contribution in [2.45, 2.75) is 40.2 Å². The van der Waals surface area contributed by atoms with Crippen LogP contribution in [0.15, 0.2) is 47.5 Å². The Morgan fingerprint density at radius 2 is 1.81 bits per heavy atom. The highest BCUT2D eigenvalue weighted by Crippen LogP contribution is 2.20. The fourth-order valence-corrected chi connectivity index (χ4v) is 2.99. The molecule has 0 bridgehead atoms. The van der Waals surface area contributed by atoms with Crippen molar-refractivity contribution in [2.75, 3.05) is 32.1 Å². The Kier molecular flexibility index (Phi) is 12.5. The Balaban J connectivity index is 0.00000512. The molecule has 176 valence electrons. The number of nitrogens with one attached hydrogen (secondary N) is 3. The van der Waals surface area contributed by atoms with E-state index in [4.69, 9.17) is 9.47 Å². The van der Waals surface area contributed by atoms with Gasteiger partial charge in [-0.3, -0.25) is 4.79 Å². The predicted molar refractivity (Wildman–Crippen MR) is 142 cm³/mol. The van der Waals surface area contributed by atoms with Crippen molar-refractivity contribution in [1.82, 2.24) is 10.6 Å². The number of hydrogen-bond donors (Lipinski definition) is 3. The number of amides is 1. The van der Waals surface area contributed by atoms with E-state index >= 15 is 0 Å². The van der Waals surface area contributed by atoms with Gasteiger partial charge in [0.1, 0.15) is 18.0 Å². The van der Waals surface area contributed by atoms with Crippen molar-refractivity contribution in [3.05, 3.63) is 53.6 Å². The molecule has 0 aliphatic rings. The van der Waals surface area contributed by atoms with E-state index in [9.17, 15) is 4.79 Å². The molecule has 2 aromatic rings. The third kappa shape index (κ3) is 9.76. The summed E-state index contributed by atoms with van der Waals surface area (Å²) >= 11 is 0. The van der Waals surface area contributed by atoms with Gasteiger partial charge in [0.05, 0.1) is 13.2 Å². The maximum atomic E-state index is 11.9. The van der Waals surface area contributed by atoms with Crippen LogP contribution >= 0.6 is 24.0 Å². The molecule has 1 amide bonds. The summed E-state index contributed by atoms with van der Waals surface area (Å²) in [6, 6.07) is 13.8. The molecule has 0 aliphatic heterocycles. The van der Waals surface area contributed by atoms with E-state index in [1.165, 1.54) is 5.56 Å². The summed E-state index contributed by atoms with van der Waals surface area (Å²) in [7, 11) is 1.68. The standard InChI is InChI=1S/C24H34N4O3.HI/c1-6-25-23(29)16-27-24(28-20-8-10-21(11-9-20)31-17(2)3)26-14-13-19-15-18(4)7-12-22(19)30-5;/h7-12,15,17H,6,13-14,16H2,1-5H3,(H,25,29)(H2,26,27,28);1H. The smallest absolute Gasteiger partial charge is 0.241 e. The summed E-state index contributed by atoms with van der Waals surface area (Å²) in [6.45, 7) is 9.19. The fraction of sp³-hybridized carbons (Fsp3) is 0.417. The number of halogens is 1. The SMILES string of the molecule is CCNC(=O)CN=C(NCCc1cc(C)ccc1OC)Nc1ccc(OC(C)C)cc1.I. The van der Waals surface area contributed by atoms with Gasteiger partial charge in [0.2, 0.25) is 5.91 Å². The predicted octanol–water partition coefficient (Wildman–Crippen LogP) is 4.15. The minimum Gasteiger partial charge on any atom is -0.496 e. The molecular formula is C24H35IN4O3. The Morgan fingerprint density at radius 1 is 1.09 bits per heavy atom. The molecular weight excluding hydrogens is 519 g/mol. The van der Waals surface area contributed by atoms with Crippen LogP contribution in [-0.4, -0.2) is 44.7 Å². The maximum absolute atomic E-state index is 11.9. The van der Waals surface area contributed by atoms with Crippen LogP contribution in [0.4, 0.5) is 5.69 Å². The van der Waals surface area contributed by atoms with Crippen molar-refractivity contribution >= 4 is 41.5 Å². The zero-order chi connectivity index (χ0) is 22.6. The number of guanidine groups is 1. The number of aryl methyl sites for hydroxylation is 1. The summed E-state index contributed by atoms with van der Waals surface area (Å²) in [4.78, 5) is 16.3. The Hall–Kier alpha value is -2.49. The second kappa shape index (κ2) is 14.5. The Bertz CT molecular complexity index is 870. The van der Waals surface area contributed by atoms with Gasteiger partial charge in [-0.05, 0) is 70.0 Å². The number of carbonyl (C=O) groups excluding carboxylic acids is 1. The molecule has 0 saturated carbocycles. The Labute approximate surface area is 208 Å². The van der Waals surface area contributed by atoms with Gasteiger partial charge in [0, 0.05) is 18.8 Å². The Morgan fingerprint density at radius 3 is 2.44 bits per heavy atom. The van der Waals surface area contributed by atoms with Crippen molar-refractivity contribution in [3.8, 4) is 11.5 Å². The summed E-state index contributed by atoms with van der Waals surface area (Å²) in [6.07, 6.45) is 0.877. The van der Waals surface area contributed by atoms with Crippen LogP contribution in [0.2, 0.25) is 0 Å². The molecule has 0 unspecified atom stereocenters. The highest BCUT2D eigenvalue weighted by molar-refractivity contribution is 14.0. The van der Waals surface area contributed by atoms with E-state index in [-0.39, 0.29) is 42.5 Å². The molecule has 0 saturated heterocycles. The van der Waals surface area contributed by atoms with Gasteiger partial charge < -0.3 is 25.4 Å². The molecule has 0 aliphatic carbocycles. The van der Waals surface area contributed by atoms with E-state index in [0.29, 0.717) is 19.0 Å². The molecule has 2 aromatic carbocycles. The van der Waals surface area contributed by atoms with Crippen LogP contribution in [0.5, 0.6) is 11.5 Å². The minimum atomic E-state index is -0.121. The molecule has 3 N–H and O–H groups in total. The number of carbonyl (C=O) groups is 1. The average Bonchev–Trinajstić information content (AvgIpc) is 2.73. The number of aliphatic imine (C=N–C) groups is 1. The number of likely N-dealkylation sites (N-methyl/N-ethyl adjacent to an activating group) is 1. The van der Waals surface area contributed by atoms with E-state index in [0.717, 1.165) is 29.2 Å². The van der Waals surface area contributed by atoms with Crippen molar-refractivity contribution < 1.29 is 14.3 Å². The minimum absolute atomic E-state index is 0. The van der Waals surface area contributed by atoms with Gasteiger partial charge in [-0.2, -0.15) is 0 Å². The summed E-state index contributed by atoms with van der Waals surface area (Å²) in [5.74, 6) is 2.09. The highest BCUT2D eigenvalue weighted by Gasteiger charge is 2.07. The fourth-order valence-electron chi connectivity index (χ4n) is 2.99. The lowest BCUT2D eigenvalue weighted by Gasteiger charge is -2.15. The van der Waals surface area contributed by atoms with Gasteiger partial charge in [0.15, 0.2) is 5.96 Å². The quantitative estimate of drug-likeness (QED) is 0.234.